The Hall–Kier alpha value is -3.15. The fourth-order valence-corrected chi connectivity index (χ4v) is 7.81. The van der Waals surface area contributed by atoms with E-state index in [1.54, 1.807) is 0 Å². The molecule has 67 heavy (non-hydrogen) atoms. The predicted octanol–water partition coefficient (Wildman–Crippen LogP) is 19.0. The molecule has 0 rings (SSSR count). The summed E-state index contributed by atoms with van der Waals surface area (Å²) in [4.78, 5) is 38.1. The maximum Gasteiger partial charge on any atom is 0.306 e. The molecule has 6 heteroatoms. The van der Waals surface area contributed by atoms with Crippen LogP contribution in [0, 0.1) is 0 Å². The molecule has 0 radical (unpaired) electrons. The molecule has 0 heterocycles. The molecule has 0 spiro atoms. The smallest absolute Gasteiger partial charge is 0.306 e. The summed E-state index contributed by atoms with van der Waals surface area (Å²) in [6.45, 7) is 6.54. The zero-order chi connectivity index (χ0) is 48.6. The van der Waals surface area contributed by atoms with Crippen LogP contribution >= 0.6 is 0 Å². The molecule has 0 bridgehead atoms. The van der Waals surface area contributed by atoms with Crippen LogP contribution in [0.25, 0.3) is 0 Å². The first-order valence-corrected chi connectivity index (χ1v) is 28.4. The largest absolute Gasteiger partial charge is 0.462 e. The Bertz CT molecular complexity index is 1260. The zero-order valence-electron chi connectivity index (χ0n) is 44.2. The second-order valence-electron chi connectivity index (χ2n) is 18.8. The third-order valence-electron chi connectivity index (χ3n) is 12.2. The summed E-state index contributed by atoms with van der Waals surface area (Å²) in [5, 5.41) is 0. The minimum atomic E-state index is -0.791. The number of hydrogen-bond acceptors (Lipinski definition) is 6. The molecule has 0 N–H and O–H groups in total. The predicted molar refractivity (Wildman–Crippen MR) is 288 cm³/mol. The number of rotatable bonds is 51. The van der Waals surface area contributed by atoms with Crippen LogP contribution in [-0.4, -0.2) is 37.2 Å². The molecule has 1 unspecified atom stereocenters. The highest BCUT2D eigenvalue weighted by molar-refractivity contribution is 5.71. The molecule has 1 atom stereocenters. The zero-order valence-corrected chi connectivity index (χ0v) is 44.2. The van der Waals surface area contributed by atoms with E-state index in [0.29, 0.717) is 19.3 Å². The third kappa shape index (κ3) is 53.7. The van der Waals surface area contributed by atoms with Gasteiger partial charge in [-0.3, -0.25) is 14.4 Å². The fraction of sp³-hybridized carbons (Fsp3) is 0.754. The van der Waals surface area contributed by atoms with E-state index >= 15 is 0 Å². The molecule has 0 aliphatic carbocycles. The highest BCUT2D eigenvalue weighted by atomic mass is 16.6. The summed E-state index contributed by atoms with van der Waals surface area (Å²) in [7, 11) is 0. The van der Waals surface area contributed by atoms with Gasteiger partial charge in [0.25, 0.3) is 0 Å². The lowest BCUT2D eigenvalue weighted by atomic mass is 10.1. The summed E-state index contributed by atoms with van der Waals surface area (Å²) >= 11 is 0. The van der Waals surface area contributed by atoms with Gasteiger partial charge in [0.15, 0.2) is 6.10 Å². The molecule has 0 aromatic rings. The Labute approximate surface area is 414 Å². The standard InChI is InChI=1S/C61H106O6/c1-4-7-10-13-16-19-22-25-28-30-31-32-34-36-39-42-45-48-51-54-60(63)66-57-58(56-65-59(62)53-50-47-44-41-38-35-27-24-21-18-15-12-9-6-3)67-61(64)55-52-49-46-43-40-37-33-29-26-23-20-17-14-11-8-5-2/h15-16,18-20,23-25,27-29,33,58H,4-14,17,21-22,26,30-32,34-57H2,1-3H3/b18-15-,19-16-,23-20-,27-24-,28-25-,33-29-. The minimum absolute atomic E-state index is 0.0876. The van der Waals surface area contributed by atoms with E-state index in [1.807, 2.05) is 0 Å². The van der Waals surface area contributed by atoms with Gasteiger partial charge in [0.05, 0.1) is 0 Å². The number of esters is 3. The lowest BCUT2D eigenvalue weighted by Gasteiger charge is -2.18. The summed E-state index contributed by atoms with van der Waals surface area (Å²) < 4.78 is 16.8. The van der Waals surface area contributed by atoms with Gasteiger partial charge < -0.3 is 14.2 Å². The van der Waals surface area contributed by atoms with Crippen molar-refractivity contribution in [1.29, 1.82) is 0 Å². The summed E-state index contributed by atoms with van der Waals surface area (Å²) in [6.07, 6.45) is 70.2. The van der Waals surface area contributed by atoms with E-state index in [1.165, 1.54) is 122 Å². The van der Waals surface area contributed by atoms with Crippen LogP contribution in [0.15, 0.2) is 72.9 Å². The SMILES string of the molecule is CCCC/C=C\C/C=C\CCCCCCCC(=O)OCC(COC(=O)CCCCCCCCCCC/C=C\C/C=C\CCCCC)OC(=O)CCCCCCC/C=C\C/C=C\CCCCCC. The molecule has 386 valence electrons. The van der Waals surface area contributed by atoms with Gasteiger partial charge in [0.2, 0.25) is 0 Å². The van der Waals surface area contributed by atoms with Crippen molar-refractivity contribution in [1.82, 2.24) is 0 Å². The van der Waals surface area contributed by atoms with Gasteiger partial charge in [0, 0.05) is 19.3 Å². The van der Waals surface area contributed by atoms with Crippen molar-refractivity contribution < 1.29 is 28.6 Å². The van der Waals surface area contributed by atoms with E-state index in [9.17, 15) is 14.4 Å². The first kappa shape index (κ1) is 63.8. The molecule has 0 saturated carbocycles. The van der Waals surface area contributed by atoms with E-state index in [-0.39, 0.29) is 31.1 Å². The monoisotopic (exact) mass is 935 g/mol. The number of hydrogen-bond donors (Lipinski definition) is 0. The average molecular weight is 936 g/mol. The van der Waals surface area contributed by atoms with Crippen molar-refractivity contribution in [2.75, 3.05) is 13.2 Å². The summed E-state index contributed by atoms with van der Waals surface area (Å²) in [5.41, 5.74) is 0. The fourth-order valence-electron chi connectivity index (χ4n) is 7.81. The van der Waals surface area contributed by atoms with Gasteiger partial charge in [-0.05, 0) is 109 Å². The number of allylic oxidation sites excluding steroid dienone is 12. The maximum atomic E-state index is 12.8. The van der Waals surface area contributed by atoms with Crippen LogP contribution in [0.5, 0.6) is 0 Å². The lowest BCUT2D eigenvalue weighted by Crippen LogP contribution is -2.30. The normalized spacial score (nSPS) is 12.6. The van der Waals surface area contributed by atoms with Crippen molar-refractivity contribution in [3.8, 4) is 0 Å². The molecule has 0 saturated heterocycles. The molecule has 0 aliphatic heterocycles. The van der Waals surface area contributed by atoms with E-state index in [2.05, 4.69) is 93.7 Å². The number of unbranched alkanes of at least 4 members (excludes halogenated alkanes) is 28. The Morgan fingerprint density at radius 2 is 0.552 bits per heavy atom. The molecular formula is C61H106O6. The number of ether oxygens (including phenoxy) is 3. The van der Waals surface area contributed by atoms with Crippen LogP contribution < -0.4 is 0 Å². The van der Waals surface area contributed by atoms with Crippen molar-refractivity contribution >= 4 is 17.9 Å². The van der Waals surface area contributed by atoms with Crippen molar-refractivity contribution in [3.63, 3.8) is 0 Å². The Kier molecular flexibility index (Phi) is 52.8. The first-order valence-electron chi connectivity index (χ1n) is 28.4. The summed E-state index contributed by atoms with van der Waals surface area (Å²) in [6, 6.07) is 0. The average Bonchev–Trinajstić information content (AvgIpc) is 3.33. The van der Waals surface area contributed by atoms with Crippen molar-refractivity contribution in [2.45, 2.75) is 284 Å². The quantitative estimate of drug-likeness (QED) is 0.0262. The Morgan fingerprint density at radius 3 is 0.896 bits per heavy atom. The molecule has 0 aliphatic rings. The highest BCUT2D eigenvalue weighted by Crippen LogP contribution is 2.15. The van der Waals surface area contributed by atoms with Gasteiger partial charge in [-0.1, -0.05) is 222 Å². The molecule has 0 fully saturated rings. The molecule has 0 aromatic carbocycles. The summed E-state index contributed by atoms with van der Waals surface area (Å²) in [5.74, 6) is -0.913. The van der Waals surface area contributed by atoms with E-state index in [4.69, 9.17) is 14.2 Å². The third-order valence-corrected chi connectivity index (χ3v) is 12.2. The van der Waals surface area contributed by atoms with Gasteiger partial charge in [0.1, 0.15) is 13.2 Å². The van der Waals surface area contributed by atoms with Crippen LogP contribution in [-0.2, 0) is 28.6 Å². The first-order chi connectivity index (χ1) is 33.0. The van der Waals surface area contributed by atoms with Gasteiger partial charge in [-0.15, -0.1) is 0 Å². The second-order valence-corrected chi connectivity index (χ2v) is 18.8. The molecular weight excluding hydrogens is 829 g/mol. The second kappa shape index (κ2) is 55.4. The van der Waals surface area contributed by atoms with E-state index < -0.39 is 6.10 Å². The van der Waals surface area contributed by atoms with Crippen molar-refractivity contribution in [2.24, 2.45) is 0 Å². The van der Waals surface area contributed by atoms with Crippen LogP contribution in [0.4, 0.5) is 0 Å². The van der Waals surface area contributed by atoms with Crippen LogP contribution in [0.3, 0.4) is 0 Å². The maximum absolute atomic E-state index is 12.8. The number of carbonyl (C=O) groups is 3. The molecule has 6 nitrogen and oxygen atoms in total. The topological polar surface area (TPSA) is 78.9 Å². The Morgan fingerprint density at radius 1 is 0.299 bits per heavy atom. The Balaban J connectivity index is 4.41. The number of carbonyl (C=O) groups excluding carboxylic acids is 3. The van der Waals surface area contributed by atoms with Crippen LogP contribution in [0.2, 0.25) is 0 Å². The van der Waals surface area contributed by atoms with Crippen LogP contribution in [0.1, 0.15) is 278 Å². The lowest BCUT2D eigenvalue weighted by molar-refractivity contribution is -0.167. The highest BCUT2D eigenvalue weighted by Gasteiger charge is 2.19. The van der Waals surface area contributed by atoms with Crippen molar-refractivity contribution in [3.05, 3.63) is 72.9 Å². The van der Waals surface area contributed by atoms with Gasteiger partial charge >= 0.3 is 17.9 Å². The van der Waals surface area contributed by atoms with Gasteiger partial charge in [-0.2, -0.15) is 0 Å². The minimum Gasteiger partial charge on any atom is -0.462 e. The van der Waals surface area contributed by atoms with E-state index in [0.717, 1.165) is 116 Å². The molecule has 0 amide bonds. The van der Waals surface area contributed by atoms with Gasteiger partial charge in [-0.25, -0.2) is 0 Å². The molecule has 0 aromatic heterocycles.